The Morgan fingerprint density at radius 3 is 2.46 bits per heavy atom. The van der Waals surface area contributed by atoms with E-state index in [9.17, 15) is 0 Å². The van der Waals surface area contributed by atoms with Crippen molar-refractivity contribution in [2.24, 2.45) is 0 Å². The van der Waals surface area contributed by atoms with Crippen LogP contribution < -0.4 is 10.6 Å². The second kappa shape index (κ2) is 7.18. The van der Waals surface area contributed by atoms with E-state index in [1.165, 1.54) is 0 Å². The molecule has 24 heavy (non-hydrogen) atoms. The van der Waals surface area contributed by atoms with Crippen LogP contribution >= 0.6 is 23.2 Å². The lowest BCUT2D eigenvalue weighted by molar-refractivity contribution is 1.16. The van der Waals surface area contributed by atoms with Crippen LogP contribution in [0.5, 0.6) is 0 Å². The van der Waals surface area contributed by atoms with Crippen molar-refractivity contribution in [3.63, 3.8) is 0 Å². The Kier molecular flexibility index (Phi) is 4.80. The number of anilines is 4. The topological polar surface area (TPSA) is 73.6 Å². The Balaban J connectivity index is 1.80. The Morgan fingerprint density at radius 1 is 0.917 bits per heavy atom. The molecule has 0 aliphatic rings. The summed E-state index contributed by atoms with van der Waals surface area (Å²) >= 11 is 12.0. The fraction of sp³-hybridized carbons (Fsp3) is 0. The summed E-state index contributed by atoms with van der Waals surface area (Å²) in [5, 5.41) is 16.2. The molecule has 0 aliphatic carbocycles. The van der Waals surface area contributed by atoms with Gasteiger partial charge in [0.25, 0.3) is 0 Å². The molecule has 3 rings (SSSR count). The summed E-state index contributed by atoms with van der Waals surface area (Å²) in [6, 6.07) is 16.0. The first-order valence-corrected chi connectivity index (χ1v) is 7.71. The molecule has 118 valence electrons. The summed E-state index contributed by atoms with van der Waals surface area (Å²) in [7, 11) is 0. The van der Waals surface area contributed by atoms with Gasteiger partial charge in [-0.25, -0.2) is 4.98 Å². The number of nitriles is 1. The normalized spacial score (nSPS) is 10.0. The van der Waals surface area contributed by atoms with E-state index in [-0.39, 0.29) is 0 Å². The molecule has 0 unspecified atom stereocenters. The van der Waals surface area contributed by atoms with Gasteiger partial charge in [0.1, 0.15) is 5.82 Å². The van der Waals surface area contributed by atoms with Crippen LogP contribution in [0.3, 0.4) is 0 Å². The van der Waals surface area contributed by atoms with Gasteiger partial charge in [-0.15, -0.1) is 0 Å². The zero-order chi connectivity index (χ0) is 16.9. The Labute approximate surface area is 148 Å². The van der Waals surface area contributed by atoms with E-state index in [1.54, 1.807) is 48.7 Å². The van der Waals surface area contributed by atoms with Gasteiger partial charge >= 0.3 is 0 Å². The minimum atomic E-state index is 0.406. The number of hydrogen-bond donors (Lipinski definition) is 2. The predicted octanol–water partition coefficient (Wildman–Crippen LogP) is 5.14. The number of nitrogens with zero attached hydrogens (tertiary/aromatic N) is 3. The molecule has 0 saturated heterocycles. The molecule has 2 aromatic carbocycles. The lowest BCUT2D eigenvalue weighted by atomic mass is 10.2. The third-order valence-corrected chi connectivity index (χ3v) is 3.47. The summed E-state index contributed by atoms with van der Waals surface area (Å²) in [5.41, 5.74) is 2.02. The smallest absolute Gasteiger partial charge is 0.229 e. The van der Waals surface area contributed by atoms with Crippen molar-refractivity contribution in [1.82, 2.24) is 9.97 Å². The fourth-order valence-electron chi connectivity index (χ4n) is 2.06. The summed E-state index contributed by atoms with van der Waals surface area (Å²) in [4.78, 5) is 8.55. The Morgan fingerprint density at radius 2 is 1.71 bits per heavy atom. The lowest BCUT2D eigenvalue weighted by Crippen LogP contribution is -2.00. The van der Waals surface area contributed by atoms with Crippen molar-refractivity contribution in [3.05, 3.63) is 70.3 Å². The van der Waals surface area contributed by atoms with Gasteiger partial charge in [-0.1, -0.05) is 29.3 Å². The van der Waals surface area contributed by atoms with Crippen LogP contribution in [-0.2, 0) is 0 Å². The third-order valence-electron chi connectivity index (χ3n) is 3.04. The minimum absolute atomic E-state index is 0.406. The van der Waals surface area contributed by atoms with Gasteiger partial charge in [0, 0.05) is 27.6 Å². The molecule has 1 aromatic heterocycles. The monoisotopic (exact) mass is 355 g/mol. The lowest BCUT2D eigenvalue weighted by Gasteiger charge is -2.09. The zero-order valence-corrected chi connectivity index (χ0v) is 13.8. The van der Waals surface area contributed by atoms with Crippen LogP contribution in [0.1, 0.15) is 5.56 Å². The van der Waals surface area contributed by atoms with Gasteiger partial charge in [-0.3, -0.25) is 0 Å². The second-order valence-electron chi connectivity index (χ2n) is 4.87. The molecule has 0 atom stereocenters. The van der Waals surface area contributed by atoms with Gasteiger partial charge in [0.15, 0.2) is 0 Å². The van der Waals surface area contributed by atoms with Crippen LogP contribution in [0.15, 0.2) is 54.7 Å². The largest absolute Gasteiger partial charge is 0.340 e. The number of hydrogen-bond acceptors (Lipinski definition) is 5. The standard InChI is InChI=1S/C17H11Cl2N5/c18-12-7-13(19)9-15(8-12)22-16-4-5-21-17(24-16)23-14-3-1-2-11(6-14)10-20/h1-9H,(H2,21,22,23,24). The first-order valence-electron chi connectivity index (χ1n) is 6.96. The maximum atomic E-state index is 8.94. The van der Waals surface area contributed by atoms with E-state index < -0.39 is 0 Å². The summed E-state index contributed by atoms with van der Waals surface area (Å²) in [6.07, 6.45) is 1.62. The summed E-state index contributed by atoms with van der Waals surface area (Å²) in [5.74, 6) is 0.991. The van der Waals surface area contributed by atoms with Gasteiger partial charge in [-0.2, -0.15) is 10.2 Å². The van der Waals surface area contributed by atoms with Crippen LogP contribution in [0.2, 0.25) is 10.0 Å². The molecule has 0 saturated carbocycles. The van der Waals surface area contributed by atoms with Crippen molar-refractivity contribution >= 4 is 46.3 Å². The molecule has 0 aliphatic heterocycles. The number of nitrogens with one attached hydrogen (secondary N) is 2. The highest BCUT2D eigenvalue weighted by Crippen LogP contribution is 2.25. The van der Waals surface area contributed by atoms with Gasteiger partial charge in [-0.05, 0) is 42.5 Å². The van der Waals surface area contributed by atoms with E-state index in [0.717, 1.165) is 11.4 Å². The van der Waals surface area contributed by atoms with Crippen molar-refractivity contribution in [2.45, 2.75) is 0 Å². The van der Waals surface area contributed by atoms with Crippen molar-refractivity contribution in [3.8, 4) is 6.07 Å². The van der Waals surface area contributed by atoms with Gasteiger partial charge in [0.2, 0.25) is 5.95 Å². The van der Waals surface area contributed by atoms with Crippen molar-refractivity contribution in [2.75, 3.05) is 10.6 Å². The molecule has 0 spiro atoms. The van der Waals surface area contributed by atoms with E-state index in [4.69, 9.17) is 28.5 Å². The molecule has 7 heteroatoms. The Hall–Kier alpha value is -2.81. The molecular weight excluding hydrogens is 345 g/mol. The van der Waals surface area contributed by atoms with E-state index in [2.05, 4.69) is 26.7 Å². The fourth-order valence-corrected chi connectivity index (χ4v) is 2.58. The number of rotatable bonds is 4. The van der Waals surface area contributed by atoms with Crippen LogP contribution in [0, 0.1) is 11.3 Å². The number of aromatic nitrogens is 2. The molecular formula is C17H11Cl2N5. The first-order chi connectivity index (χ1) is 11.6. The third kappa shape index (κ3) is 4.13. The van der Waals surface area contributed by atoms with Crippen molar-refractivity contribution in [1.29, 1.82) is 5.26 Å². The van der Waals surface area contributed by atoms with Crippen LogP contribution in [-0.4, -0.2) is 9.97 Å². The average molecular weight is 356 g/mol. The van der Waals surface area contributed by atoms with Gasteiger partial charge < -0.3 is 10.6 Å². The SMILES string of the molecule is N#Cc1cccc(Nc2nccc(Nc3cc(Cl)cc(Cl)c3)n2)c1. The summed E-state index contributed by atoms with van der Waals surface area (Å²) in [6.45, 7) is 0. The summed E-state index contributed by atoms with van der Waals surface area (Å²) < 4.78 is 0. The van der Waals surface area contributed by atoms with Crippen LogP contribution in [0.25, 0.3) is 0 Å². The second-order valence-corrected chi connectivity index (χ2v) is 5.74. The average Bonchev–Trinajstić information content (AvgIpc) is 2.54. The van der Waals surface area contributed by atoms with E-state index in [1.807, 2.05) is 6.07 Å². The molecule has 0 amide bonds. The Bertz CT molecular complexity index is 901. The number of benzene rings is 2. The van der Waals surface area contributed by atoms with Gasteiger partial charge in [0.05, 0.1) is 11.6 Å². The highest BCUT2D eigenvalue weighted by atomic mass is 35.5. The maximum absolute atomic E-state index is 8.94. The highest BCUT2D eigenvalue weighted by Gasteiger charge is 2.03. The van der Waals surface area contributed by atoms with Crippen molar-refractivity contribution < 1.29 is 0 Å². The van der Waals surface area contributed by atoms with E-state index in [0.29, 0.717) is 27.4 Å². The molecule has 1 heterocycles. The molecule has 0 radical (unpaired) electrons. The maximum Gasteiger partial charge on any atom is 0.229 e. The zero-order valence-electron chi connectivity index (χ0n) is 12.3. The molecule has 5 nitrogen and oxygen atoms in total. The molecule has 0 bridgehead atoms. The van der Waals surface area contributed by atoms with Crippen LogP contribution in [0.4, 0.5) is 23.1 Å². The molecule has 2 N–H and O–H groups in total. The van der Waals surface area contributed by atoms with E-state index >= 15 is 0 Å². The predicted molar refractivity (Wildman–Crippen MR) is 96.2 cm³/mol. The minimum Gasteiger partial charge on any atom is -0.340 e. The molecule has 0 fully saturated rings. The number of halogens is 2. The quantitative estimate of drug-likeness (QED) is 0.677. The highest BCUT2D eigenvalue weighted by molar-refractivity contribution is 6.35. The first kappa shape index (κ1) is 16.1. The molecule has 3 aromatic rings.